The molecule has 2 aliphatic heterocycles. The van der Waals surface area contributed by atoms with Crippen LogP contribution in [0.25, 0.3) is 0 Å². The zero-order valence-electron chi connectivity index (χ0n) is 18.6. The molecule has 1 fully saturated rings. The third kappa shape index (κ3) is 4.32. The maximum Gasteiger partial charge on any atom is 0.335 e. The highest BCUT2D eigenvalue weighted by molar-refractivity contribution is 6.04. The van der Waals surface area contributed by atoms with Crippen molar-refractivity contribution in [3.8, 4) is 0 Å². The second-order valence-electron chi connectivity index (χ2n) is 8.94. The number of carbonyl (C=O) groups is 3. The number of amides is 2. The van der Waals surface area contributed by atoms with Crippen LogP contribution in [0.2, 0.25) is 0 Å². The van der Waals surface area contributed by atoms with E-state index in [4.69, 9.17) is 0 Å². The lowest BCUT2D eigenvalue weighted by Gasteiger charge is -2.43. The number of hydrogen-bond donors (Lipinski definition) is 2. The summed E-state index contributed by atoms with van der Waals surface area (Å²) >= 11 is 0. The minimum Gasteiger partial charge on any atom is -0.478 e. The van der Waals surface area contributed by atoms with Gasteiger partial charge < -0.3 is 19.9 Å². The molecule has 178 valence electrons. The largest absolute Gasteiger partial charge is 0.478 e. The second kappa shape index (κ2) is 8.83. The molecule has 3 heterocycles. The molecule has 0 aliphatic carbocycles. The summed E-state index contributed by atoms with van der Waals surface area (Å²) < 4.78 is 14.8. The van der Waals surface area contributed by atoms with E-state index in [1.807, 2.05) is 0 Å². The van der Waals surface area contributed by atoms with Crippen LogP contribution in [0.1, 0.15) is 49.1 Å². The zero-order valence-corrected chi connectivity index (χ0v) is 18.6. The van der Waals surface area contributed by atoms with E-state index in [-0.39, 0.29) is 40.1 Å². The Kier molecular flexibility index (Phi) is 5.68. The van der Waals surface area contributed by atoms with Crippen LogP contribution in [-0.4, -0.2) is 45.4 Å². The highest BCUT2D eigenvalue weighted by Crippen LogP contribution is 2.36. The summed E-state index contributed by atoms with van der Waals surface area (Å²) in [7, 11) is 0. The topological polar surface area (TPSA) is 109 Å². The van der Waals surface area contributed by atoms with Gasteiger partial charge in [0.2, 0.25) is 0 Å². The molecule has 5 rings (SSSR count). The third-order valence-corrected chi connectivity index (χ3v) is 6.60. The molecule has 2 N–H and O–H groups in total. The Hall–Kier alpha value is -4.27. The average Bonchev–Trinajstić information content (AvgIpc) is 2.86. The highest BCUT2D eigenvalue weighted by Gasteiger charge is 2.37. The van der Waals surface area contributed by atoms with E-state index in [1.54, 1.807) is 33.7 Å². The number of nitrogens with zero attached hydrogens (tertiary/aromatic N) is 2. The van der Waals surface area contributed by atoms with Crippen LogP contribution in [0.3, 0.4) is 0 Å². The SMILES string of the molecule is O=C(O)c1cccc(C(=O)N2C[C@@H]3C[C@H](C2)c2ccc(NC(=O)c4ccc(F)cc4)c(=O)n2C3)c1. The van der Waals surface area contributed by atoms with Crippen LogP contribution < -0.4 is 10.9 Å². The van der Waals surface area contributed by atoms with Crippen molar-refractivity contribution in [1.29, 1.82) is 0 Å². The maximum atomic E-state index is 13.2. The molecule has 35 heavy (non-hydrogen) atoms. The van der Waals surface area contributed by atoms with Crippen molar-refractivity contribution in [2.45, 2.75) is 18.9 Å². The molecule has 9 heteroatoms. The summed E-state index contributed by atoms with van der Waals surface area (Å²) in [6.07, 6.45) is 0.833. The van der Waals surface area contributed by atoms with Crippen molar-refractivity contribution < 1.29 is 23.9 Å². The van der Waals surface area contributed by atoms with Crippen molar-refractivity contribution in [3.05, 3.63) is 99.2 Å². The lowest BCUT2D eigenvalue weighted by molar-refractivity contribution is 0.0594. The van der Waals surface area contributed by atoms with Crippen molar-refractivity contribution in [1.82, 2.24) is 9.47 Å². The molecule has 2 amide bonds. The monoisotopic (exact) mass is 475 g/mol. The van der Waals surface area contributed by atoms with Gasteiger partial charge in [-0.15, -0.1) is 0 Å². The van der Waals surface area contributed by atoms with Crippen LogP contribution >= 0.6 is 0 Å². The highest BCUT2D eigenvalue weighted by atomic mass is 19.1. The number of carboxylic acids is 1. The normalized spacial score (nSPS) is 18.5. The van der Waals surface area contributed by atoms with Gasteiger partial charge in [0.05, 0.1) is 5.56 Å². The molecule has 3 aromatic rings. The van der Waals surface area contributed by atoms with Crippen LogP contribution in [0, 0.1) is 11.7 Å². The van der Waals surface area contributed by atoms with Gasteiger partial charge in [0.1, 0.15) is 11.5 Å². The van der Waals surface area contributed by atoms with Crippen LogP contribution in [0.4, 0.5) is 10.1 Å². The molecule has 8 nitrogen and oxygen atoms in total. The Balaban J connectivity index is 1.36. The number of piperidine rings is 1. The van der Waals surface area contributed by atoms with E-state index in [0.717, 1.165) is 12.1 Å². The van der Waals surface area contributed by atoms with Crippen molar-refractivity contribution >= 4 is 23.5 Å². The summed E-state index contributed by atoms with van der Waals surface area (Å²) in [5, 5.41) is 11.8. The third-order valence-electron chi connectivity index (χ3n) is 6.60. The molecule has 2 aliphatic rings. The number of benzene rings is 2. The van der Waals surface area contributed by atoms with E-state index < -0.39 is 17.7 Å². The molecule has 2 aromatic carbocycles. The molecule has 0 radical (unpaired) electrons. The summed E-state index contributed by atoms with van der Waals surface area (Å²) in [5.41, 5.74) is 1.23. The first-order chi connectivity index (χ1) is 16.8. The molecule has 1 saturated heterocycles. The summed E-state index contributed by atoms with van der Waals surface area (Å²) in [5.74, 6) is -2.28. The number of rotatable bonds is 4. The lowest BCUT2D eigenvalue weighted by Crippen LogP contribution is -2.49. The van der Waals surface area contributed by atoms with E-state index in [0.29, 0.717) is 25.2 Å². The molecular weight excluding hydrogens is 453 g/mol. The molecule has 0 spiro atoms. The van der Waals surface area contributed by atoms with Crippen molar-refractivity contribution in [2.24, 2.45) is 5.92 Å². The first-order valence-electron chi connectivity index (χ1n) is 11.2. The summed E-state index contributed by atoms with van der Waals surface area (Å²) in [6.45, 7) is 1.27. The van der Waals surface area contributed by atoms with Crippen LogP contribution in [0.15, 0.2) is 65.5 Å². The number of likely N-dealkylation sites (tertiary alicyclic amines) is 1. The number of fused-ring (bicyclic) bond motifs is 4. The fraction of sp³-hybridized carbons (Fsp3) is 0.231. The van der Waals surface area contributed by atoms with E-state index in [9.17, 15) is 28.7 Å². The molecule has 0 unspecified atom stereocenters. The zero-order chi connectivity index (χ0) is 24.7. The second-order valence-corrected chi connectivity index (χ2v) is 8.94. The lowest BCUT2D eigenvalue weighted by atomic mass is 9.83. The van der Waals surface area contributed by atoms with Gasteiger partial charge in [0, 0.05) is 42.4 Å². The molecule has 1 aromatic heterocycles. The summed E-state index contributed by atoms with van der Waals surface area (Å²) in [4.78, 5) is 51.8. The van der Waals surface area contributed by atoms with Gasteiger partial charge in [-0.3, -0.25) is 14.4 Å². The van der Waals surface area contributed by atoms with E-state index >= 15 is 0 Å². The Morgan fingerprint density at radius 2 is 1.66 bits per heavy atom. The average molecular weight is 475 g/mol. The van der Waals surface area contributed by atoms with Gasteiger partial charge >= 0.3 is 5.97 Å². The first kappa shape index (κ1) is 22.5. The number of halogens is 1. The first-order valence-corrected chi connectivity index (χ1v) is 11.2. The van der Waals surface area contributed by atoms with Crippen LogP contribution in [-0.2, 0) is 6.54 Å². The molecular formula is C26H22FN3O5. The Morgan fingerprint density at radius 3 is 2.40 bits per heavy atom. The van der Waals surface area contributed by atoms with Crippen molar-refractivity contribution in [2.75, 3.05) is 18.4 Å². The van der Waals surface area contributed by atoms with Crippen molar-refractivity contribution in [3.63, 3.8) is 0 Å². The van der Waals surface area contributed by atoms with Gasteiger partial charge in [0.15, 0.2) is 0 Å². The number of carboxylic acid groups (broad SMARTS) is 1. The molecule has 0 saturated carbocycles. The summed E-state index contributed by atoms with van der Waals surface area (Å²) in [6, 6.07) is 14.4. The number of aromatic carboxylic acids is 1. The standard InChI is InChI=1S/C26H22FN3O5/c27-20-6-4-16(5-7-20)23(31)28-21-8-9-22-19-10-15(13-30(22)25(21)33)12-29(14-19)24(32)17-2-1-3-18(11-17)26(34)35/h1-9,11,15,19H,10,12-14H2,(H,28,31)(H,34,35)/t15-,19+/m0/s1. The van der Waals surface area contributed by atoms with E-state index in [2.05, 4.69) is 5.32 Å². The number of pyridine rings is 1. The predicted octanol–water partition coefficient (Wildman–Crippen LogP) is 3.20. The number of nitrogens with one attached hydrogen (secondary N) is 1. The Morgan fingerprint density at radius 1 is 0.914 bits per heavy atom. The quantitative estimate of drug-likeness (QED) is 0.603. The fourth-order valence-corrected chi connectivity index (χ4v) is 4.97. The smallest absolute Gasteiger partial charge is 0.335 e. The van der Waals surface area contributed by atoms with Gasteiger partial charge in [-0.2, -0.15) is 0 Å². The van der Waals surface area contributed by atoms with E-state index in [1.165, 1.54) is 36.4 Å². The number of anilines is 1. The van der Waals surface area contributed by atoms with Gasteiger partial charge in [0.25, 0.3) is 17.4 Å². The predicted molar refractivity (Wildman–Crippen MR) is 125 cm³/mol. The van der Waals surface area contributed by atoms with Gasteiger partial charge in [-0.05, 0) is 66.9 Å². The minimum absolute atomic E-state index is 0.0496. The number of carbonyl (C=O) groups excluding carboxylic acids is 2. The van der Waals surface area contributed by atoms with Gasteiger partial charge in [-0.1, -0.05) is 6.07 Å². The molecule has 2 bridgehead atoms. The Bertz CT molecular complexity index is 1400. The molecule has 2 atom stereocenters. The maximum absolute atomic E-state index is 13.2. The van der Waals surface area contributed by atoms with Crippen LogP contribution in [0.5, 0.6) is 0 Å². The minimum atomic E-state index is -1.09. The van der Waals surface area contributed by atoms with Gasteiger partial charge in [-0.25, -0.2) is 9.18 Å². The fourth-order valence-electron chi connectivity index (χ4n) is 4.97. The Labute approximate surface area is 199 Å². The number of hydrogen-bond acceptors (Lipinski definition) is 4. The number of aromatic nitrogens is 1.